The summed E-state index contributed by atoms with van der Waals surface area (Å²) in [5.41, 5.74) is 29.8. The van der Waals surface area contributed by atoms with E-state index < -0.39 is 0 Å². The summed E-state index contributed by atoms with van der Waals surface area (Å²) >= 11 is 0. The van der Waals surface area contributed by atoms with Gasteiger partial charge < -0.3 is 27.6 Å². The van der Waals surface area contributed by atoms with Crippen molar-refractivity contribution in [2.75, 3.05) is 0 Å². The van der Waals surface area contributed by atoms with Crippen molar-refractivity contribution in [1.29, 1.82) is 0 Å². The lowest BCUT2D eigenvalue weighted by atomic mass is 9.89. The number of benzene rings is 16. The maximum Gasteiger partial charge on any atom is 0.315 e. The van der Waals surface area contributed by atoms with E-state index in [2.05, 4.69) is 355 Å². The molecule has 0 saturated carbocycles. The van der Waals surface area contributed by atoms with Gasteiger partial charge in [-0.2, -0.15) is 0 Å². The molecule has 0 bridgehead atoms. The zero-order valence-corrected chi connectivity index (χ0v) is 65.9. The summed E-state index contributed by atoms with van der Waals surface area (Å²) in [6.45, 7) is 8.65. The average molecular weight is 1520 g/mol. The number of ether oxygens (including phenoxy) is 2. The summed E-state index contributed by atoms with van der Waals surface area (Å²) in [6, 6.07) is 126. The first-order valence-corrected chi connectivity index (χ1v) is 40.9. The molecule has 16 aromatic carbocycles. The zero-order chi connectivity index (χ0) is 79.1. The van der Waals surface area contributed by atoms with Gasteiger partial charge in [-0.3, -0.25) is 9.36 Å². The third kappa shape index (κ3) is 12.5. The normalized spacial score (nSPS) is 12.0. The van der Waals surface area contributed by atoms with Crippen molar-refractivity contribution in [3.63, 3.8) is 0 Å². The molecule has 0 spiro atoms. The van der Waals surface area contributed by atoms with Gasteiger partial charge in [0, 0.05) is 89.2 Å². The molecule has 0 aliphatic carbocycles. The number of aromatic nitrogens is 5. The highest BCUT2D eigenvalue weighted by Crippen LogP contribution is 2.50. The Morgan fingerprint density at radius 3 is 1.44 bits per heavy atom. The fourth-order valence-corrected chi connectivity index (χ4v) is 18.2. The molecule has 0 aliphatic heterocycles. The molecule has 5 aromatic heterocycles. The second kappa shape index (κ2) is 29.6. The molecular formula is C109H81N5O4. The molecule has 9 nitrogen and oxygen atoms in total. The first kappa shape index (κ1) is 71.0. The Bertz CT molecular complexity index is 7520. The van der Waals surface area contributed by atoms with Gasteiger partial charge in [-0.25, -0.2) is 4.98 Å². The number of carbonyl (C=O) groups is 1. The minimum atomic E-state index is -0.325. The predicted molar refractivity (Wildman–Crippen MR) is 486 cm³/mol. The van der Waals surface area contributed by atoms with Crippen molar-refractivity contribution in [1.82, 2.24) is 23.3 Å². The van der Waals surface area contributed by atoms with E-state index in [1.807, 2.05) is 54.9 Å². The molecule has 5 heterocycles. The molecule has 0 fully saturated rings. The van der Waals surface area contributed by atoms with E-state index in [-0.39, 0.29) is 18.5 Å². The number of furan rings is 1. The Labute approximate surface area is 683 Å². The molecule has 21 aromatic rings. The molecule has 0 aliphatic rings. The smallest absolute Gasteiger partial charge is 0.315 e. The summed E-state index contributed by atoms with van der Waals surface area (Å²) in [6.07, 6.45) is 6.31. The molecule has 0 amide bonds. The molecule has 566 valence electrons. The number of imidazole rings is 1. The minimum absolute atomic E-state index is 0.0575. The van der Waals surface area contributed by atoms with Gasteiger partial charge >= 0.3 is 5.97 Å². The van der Waals surface area contributed by atoms with Gasteiger partial charge in [0.2, 0.25) is 0 Å². The second-order valence-corrected chi connectivity index (χ2v) is 31.1. The van der Waals surface area contributed by atoms with Crippen LogP contribution < -0.4 is 9.47 Å². The van der Waals surface area contributed by atoms with Crippen molar-refractivity contribution < 1.29 is 18.7 Å². The second-order valence-electron chi connectivity index (χ2n) is 31.1. The number of carbonyl (C=O) groups excluding carboxylic acids is 1. The lowest BCUT2D eigenvalue weighted by Gasteiger charge is -2.16. The molecule has 0 radical (unpaired) electrons. The van der Waals surface area contributed by atoms with Crippen LogP contribution in [-0.2, 0) is 24.1 Å². The quantitative estimate of drug-likeness (QED) is 0.0595. The number of hydrogen-bond acceptors (Lipinski definition) is 5. The Balaban J connectivity index is 0.665. The highest BCUT2D eigenvalue weighted by atomic mass is 16.5. The molecule has 118 heavy (non-hydrogen) atoms. The maximum atomic E-state index is 13.7. The predicted octanol–water partition coefficient (Wildman–Crippen LogP) is 27.9. The largest absolute Gasteiger partial charge is 0.491 e. The maximum absolute atomic E-state index is 13.7. The molecule has 21 rings (SSSR count). The number of rotatable bonds is 19. The monoisotopic (exact) mass is 1520 g/mol. The summed E-state index contributed by atoms with van der Waals surface area (Å²) < 4.78 is 30.2. The van der Waals surface area contributed by atoms with Crippen LogP contribution in [0.1, 0.15) is 55.0 Å². The van der Waals surface area contributed by atoms with E-state index in [1.54, 1.807) is 0 Å². The van der Waals surface area contributed by atoms with E-state index in [1.165, 1.54) is 32.7 Å². The van der Waals surface area contributed by atoms with Gasteiger partial charge in [-0.15, -0.1) is 0 Å². The van der Waals surface area contributed by atoms with Crippen LogP contribution in [0.4, 0.5) is 0 Å². The SMILES string of the molecule is CCc1cccc(C)c1-n1ccnc1-c1ccc(CC(=O)Oc2cccc(Cc3cccc(-n4c5ccccc5c5cc(-c6cc(-c7ccccc7-c7ccc8c(c7)c7ccccc7n8-c7ccccc7)c7oc8c(-c9ccccc9-c9ccc%10c(c9)c9ccccc9n%10-c9ccccc9)cc(OC(C)CC)cc8c7c6)ccc54)c3)c2)cc1. The van der Waals surface area contributed by atoms with Crippen LogP contribution in [0.2, 0.25) is 0 Å². The lowest BCUT2D eigenvalue weighted by molar-refractivity contribution is -0.133. The minimum Gasteiger partial charge on any atom is -0.491 e. The highest BCUT2D eigenvalue weighted by Gasteiger charge is 2.26. The number of para-hydroxylation sites is 6. The Hall–Kier alpha value is -14.8. The number of fused-ring (bicyclic) bond motifs is 12. The third-order valence-corrected chi connectivity index (χ3v) is 23.8. The van der Waals surface area contributed by atoms with E-state index in [9.17, 15) is 4.79 Å². The highest BCUT2D eigenvalue weighted by molar-refractivity contribution is 6.19. The average Bonchev–Trinajstić information content (AvgIpc) is 1.58. The molecule has 0 N–H and O–H groups in total. The summed E-state index contributed by atoms with van der Waals surface area (Å²) in [7, 11) is 0. The molecule has 1 atom stereocenters. The molecule has 1 unspecified atom stereocenters. The van der Waals surface area contributed by atoms with Gasteiger partial charge in [-0.05, 0) is 233 Å². The van der Waals surface area contributed by atoms with E-state index in [0.29, 0.717) is 12.2 Å². The molecular weight excluding hydrogens is 1440 g/mol. The van der Waals surface area contributed by atoms with Gasteiger partial charge in [0.15, 0.2) is 0 Å². The van der Waals surface area contributed by atoms with Gasteiger partial charge in [0.25, 0.3) is 0 Å². The first-order chi connectivity index (χ1) is 58.1. The van der Waals surface area contributed by atoms with Crippen LogP contribution in [0.5, 0.6) is 11.5 Å². The lowest BCUT2D eigenvalue weighted by Crippen LogP contribution is -2.11. The topological polar surface area (TPSA) is 81.3 Å². The van der Waals surface area contributed by atoms with E-state index in [4.69, 9.17) is 18.9 Å². The van der Waals surface area contributed by atoms with Crippen molar-refractivity contribution in [2.24, 2.45) is 0 Å². The summed E-state index contributed by atoms with van der Waals surface area (Å²) in [4.78, 5) is 18.5. The third-order valence-electron chi connectivity index (χ3n) is 23.8. The van der Waals surface area contributed by atoms with Crippen LogP contribution in [0.3, 0.4) is 0 Å². The number of hydrogen-bond donors (Lipinski definition) is 0. The van der Waals surface area contributed by atoms with Crippen LogP contribution >= 0.6 is 0 Å². The Morgan fingerprint density at radius 1 is 0.373 bits per heavy atom. The van der Waals surface area contributed by atoms with Crippen LogP contribution in [0.25, 0.3) is 177 Å². The van der Waals surface area contributed by atoms with Crippen molar-refractivity contribution in [3.8, 4) is 101 Å². The van der Waals surface area contributed by atoms with Crippen molar-refractivity contribution >= 4 is 93.3 Å². The summed E-state index contributed by atoms with van der Waals surface area (Å²) in [5.74, 6) is 1.82. The Kier molecular flexibility index (Phi) is 17.8. The van der Waals surface area contributed by atoms with E-state index >= 15 is 0 Å². The van der Waals surface area contributed by atoms with Gasteiger partial charge in [0.1, 0.15) is 28.5 Å². The number of nitrogens with zero attached hydrogens (tertiary/aromatic N) is 5. The van der Waals surface area contributed by atoms with E-state index in [0.717, 1.165) is 191 Å². The van der Waals surface area contributed by atoms with Crippen molar-refractivity contribution in [2.45, 2.75) is 59.5 Å². The van der Waals surface area contributed by atoms with Gasteiger partial charge in [-0.1, -0.05) is 238 Å². The fourth-order valence-electron chi connectivity index (χ4n) is 18.2. The summed E-state index contributed by atoms with van der Waals surface area (Å²) in [5, 5.41) is 8.97. The number of esters is 1. The molecule has 9 heteroatoms. The number of aryl methyl sites for hydroxylation is 2. The van der Waals surface area contributed by atoms with Crippen LogP contribution in [0.15, 0.2) is 369 Å². The van der Waals surface area contributed by atoms with Crippen molar-refractivity contribution in [3.05, 3.63) is 392 Å². The fraction of sp³-hybridized carbons (Fsp3) is 0.0826. The Morgan fingerprint density at radius 2 is 0.847 bits per heavy atom. The zero-order valence-electron chi connectivity index (χ0n) is 65.9. The molecule has 0 saturated heterocycles. The standard InChI is InChI=1S/C109H81N5O4/c1-5-70(4)116-84-67-97(88-39-16-14-37-86(88)78-52-55-103-94(64-78)91-42-18-21-44-100(91)113(103)81-32-11-8-12-33-81)108-98(68-84)96-66-79(65-95(107(96)118-108)87-38-15-13-36-85(87)77-51-54-102-93(63-77)90-41-17-20-43-99(90)112(102)80-30-9-7-10-31-80)76-50-53-104-92(62-76)89-40-19-22-45-101(89)114(104)82-34-24-27-72(59-82)58-73-28-25-35-83(60-73)117-105(115)61-71-46-48-75(49-47-71)109-110-56-57-111(109)106-69(3)26-23-29-74(106)6-2/h7-57,59-60,62-68,70H,5-6,58,61H2,1-4H3. The van der Waals surface area contributed by atoms with Crippen LogP contribution in [0, 0.1) is 6.92 Å². The first-order valence-electron chi connectivity index (χ1n) is 40.9. The van der Waals surface area contributed by atoms with Gasteiger partial charge in [0.05, 0.1) is 51.3 Å². The van der Waals surface area contributed by atoms with Crippen LogP contribution in [-0.4, -0.2) is 35.3 Å².